The summed E-state index contributed by atoms with van der Waals surface area (Å²) in [6.07, 6.45) is 0. The van der Waals surface area contributed by atoms with Crippen LogP contribution in [0.25, 0.3) is 32.7 Å². The number of fused-ring (bicyclic) bond motifs is 11. The first-order valence-corrected chi connectivity index (χ1v) is 22.5. The highest BCUT2D eigenvalue weighted by Crippen LogP contribution is 2.56. The fraction of sp³-hybridized carbons (Fsp3) is 0.0175. The van der Waals surface area contributed by atoms with E-state index in [0.717, 1.165) is 28.6 Å². The quantitative estimate of drug-likeness (QED) is 0.127. The zero-order valence-corrected chi connectivity index (χ0v) is 34.0. The summed E-state index contributed by atoms with van der Waals surface area (Å²) in [5.74, 6) is 1.80. The number of rotatable bonds is 5. The van der Waals surface area contributed by atoms with E-state index in [9.17, 15) is 0 Å². The van der Waals surface area contributed by atoms with Crippen LogP contribution in [0.15, 0.2) is 231 Å². The molecule has 3 heteroatoms. The summed E-state index contributed by atoms with van der Waals surface area (Å²) in [5.41, 5.74) is 10.1. The highest BCUT2D eigenvalue weighted by atomic mass is 28.3. The molecule has 0 aliphatic carbocycles. The Kier molecular flexibility index (Phi) is 7.97. The zero-order valence-electron chi connectivity index (χ0n) is 32.9. The van der Waals surface area contributed by atoms with Gasteiger partial charge in [0.15, 0.2) is 0 Å². The molecule has 60 heavy (non-hydrogen) atoms. The minimum Gasteiger partial charge on any atom is -0.457 e. The van der Waals surface area contributed by atoms with Crippen molar-refractivity contribution in [2.24, 2.45) is 0 Å². The predicted octanol–water partition coefficient (Wildman–Crippen LogP) is 12.2. The van der Waals surface area contributed by atoms with E-state index in [1.165, 1.54) is 70.5 Å². The fourth-order valence-corrected chi connectivity index (χ4v) is 13.8. The molecule has 282 valence electrons. The summed E-state index contributed by atoms with van der Waals surface area (Å²) in [4.78, 5) is 2.49. The molecule has 2 aliphatic heterocycles. The Labute approximate surface area is 351 Å². The summed E-state index contributed by atoms with van der Waals surface area (Å²) < 4.78 is 6.80. The number of anilines is 3. The van der Waals surface area contributed by atoms with Crippen molar-refractivity contribution in [3.05, 3.63) is 253 Å². The standard InChI is InChI=1S/C57H39NOSi/c1-3-17-39(18-4-1)40-31-33-42(34-32-40)58(52-37-41-19-7-8-22-45(41)46-23-9-10-24-47(46)52)43-35-36-56-51(38-43)57(48-25-11-14-28-53(48)59-54-29-15-12-26-49(54)57)50-27-13-16-30-55(50)60(56)44-20-5-2-6-21-44/h1-38,60H. The maximum Gasteiger partial charge on any atom is 0.133 e. The lowest BCUT2D eigenvalue weighted by Gasteiger charge is -2.47. The second-order valence-corrected chi connectivity index (χ2v) is 18.7. The van der Waals surface area contributed by atoms with E-state index >= 15 is 0 Å². The van der Waals surface area contributed by atoms with Gasteiger partial charge in [-0.1, -0.05) is 193 Å². The van der Waals surface area contributed by atoms with Crippen LogP contribution in [0.4, 0.5) is 17.1 Å². The molecule has 2 nitrogen and oxygen atoms in total. The zero-order chi connectivity index (χ0) is 39.6. The molecule has 12 rings (SSSR count). The average Bonchev–Trinajstić information content (AvgIpc) is 3.32. The average molecular weight is 782 g/mol. The number of benzene rings is 10. The molecule has 10 aromatic rings. The molecular weight excluding hydrogens is 743 g/mol. The number of nitrogens with zero attached hydrogens (tertiary/aromatic N) is 1. The van der Waals surface area contributed by atoms with Crippen molar-refractivity contribution < 1.29 is 4.74 Å². The molecule has 1 unspecified atom stereocenters. The number of hydrogen-bond acceptors (Lipinski definition) is 2. The molecule has 0 fully saturated rings. The molecule has 1 atom stereocenters. The molecule has 10 aromatic carbocycles. The van der Waals surface area contributed by atoms with Crippen LogP contribution in [0.3, 0.4) is 0 Å². The number of hydrogen-bond donors (Lipinski definition) is 0. The predicted molar refractivity (Wildman–Crippen MR) is 252 cm³/mol. The van der Waals surface area contributed by atoms with Gasteiger partial charge in [0.25, 0.3) is 0 Å². The molecule has 0 saturated carbocycles. The lowest BCUT2D eigenvalue weighted by molar-refractivity contribution is 0.435. The maximum atomic E-state index is 6.80. The minimum atomic E-state index is -1.98. The van der Waals surface area contributed by atoms with Crippen molar-refractivity contribution in [3.8, 4) is 22.6 Å². The lowest BCUT2D eigenvalue weighted by atomic mass is 9.63. The van der Waals surface area contributed by atoms with Crippen molar-refractivity contribution in [3.63, 3.8) is 0 Å². The van der Waals surface area contributed by atoms with Gasteiger partial charge in [-0.15, -0.1) is 0 Å². The van der Waals surface area contributed by atoms with Gasteiger partial charge in [-0.05, 0) is 91.3 Å². The summed E-state index contributed by atoms with van der Waals surface area (Å²) in [6.45, 7) is 0. The second-order valence-electron chi connectivity index (χ2n) is 16.0. The van der Waals surface area contributed by atoms with Crippen LogP contribution in [0, 0.1) is 0 Å². The van der Waals surface area contributed by atoms with Gasteiger partial charge in [0, 0.05) is 27.9 Å². The molecule has 0 N–H and O–H groups in total. The van der Waals surface area contributed by atoms with E-state index < -0.39 is 14.2 Å². The van der Waals surface area contributed by atoms with Gasteiger partial charge in [0.05, 0.1) is 11.1 Å². The summed E-state index contributed by atoms with van der Waals surface area (Å²) in [5, 5.41) is 9.20. The van der Waals surface area contributed by atoms with Crippen molar-refractivity contribution in [2.75, 3.05) is 4.90 Å². The van der Waals surface area contributed by atoms with E-state index in [-0.39, 0.29) is 0 Å². The van der Waals surface area contributed by atoms with Crippen LogP contribution in [0.1, 0.15) is 22.3 Å². The third-order valence-corrected chi connectivity index (χ3v) is 16.1. The van der Waals surface area contributed by atoms with Crippen LogP contribution < -0.4 is 25.2 Å². The topological polar surface area (TPSA) is 12.5 Å². The van der Waals surface area contributed by atoms with Gasteiger partial charge in [0.1, 0.15) is 20.3 Å². The normalized spacial score (nSPS) is 14.4. The molecule has 2 heterocycles. The fourth-order valence-electron chi connectivity index (χ4n) is 10.3. The molecule has 2 aliphatic rings. The smallest absolute Gasteiger partial charge is 0.133 e. The van der Waals surface area contributed by atoms with E-state index in [2.05, 4.69) is 235 Å². The van der Waals surface area contributed by atoms with Gasteiger partial charge >= 0.3 is 0 Å². The Morgan fingerprint density at radius 3 is 1.63 bits per heavy atom. The second kappa shape index (κ2) is 13.8. The van der Waals surface area contributed by atoms with Gasteiger partial charge in [0.2, 0.25) is 0 Å². The van der Waals surface area contributed by atoms with Gasteiger partial charge in [-0.25, -0.2) is 0 Å². The van der Waals surface area contributed by atoms with E-state index in [4.69, 9.17) is 4.74 Å². The Bertz CT molecular complexity index is 3200. The van der Waals surface area contributed by atoms with E-state index in [1.807, 2.05) is 0 Å². The third kappa shape index (κ3) is 5.19. The van der Waals surface area contributed by atoms with E-state index in [1.54, 1.807) is 0 Å². The largest absolute Gasteiger partial charge is 0.457 e. The van der Waals surface area contributed by atoms with Crippen molar-refractivity contribution in [2.45, 2.75) is 5.41 Å². The Morgan fingerprint density at radius 1 is 0.367 bits per heavy atom. The lowest BCUT2D eigenvalue weighted by Crippen LogP contribution is -2.62. The Morgan fingerprint density at radius 2 is 0.900 bits per heavy atom. The summed E-state index contributed by atoms with van der Waals surface area (Å²) in [6, 6.07) is 85.1. The van der Waals surface area contributed by atoms with Crippen molar-refractivity contribution in [1.29, 1.82) is 0 Å². The first-order chi connectivity index (χ1) is 29.8. The third-order valence-electron chi connectivity index (χ3n) is 12.8. The first kappa shape index (κ1) is 34.6. The molecule has 0 bridgehead atoms. The number of para-hydroxylation sites is 2. The number of ether oxygens (including phenoxy) is 1. The minimum absolute atomic E-state index is 0.625. The Hall–Kier alpha value is -7.46. The summed E-state index contributed by atoms with van der Waals surface area (Å²) >= 11 is 0. The highest BCUT2D eigenvalue weighted by Gasteiger charge is 2.51. The van der Waals surface area contributed by atoms with Crippen molar-refractivity contribution in [1.82, 2.24) is 0 Å². The molecule has 0 saturated heterocycles. The highest BCUT2D eigenvalue weighted by molar-refractivity contribution is 6.96. The molecule has 0 radical (unpaired) electrons. The van der Waals surface area contributed by atoms with E-state index in [0.29, 0.717) is 0 Å². The van der Waals surface area contributed by atoms with Crippen LogP contribution >= 0.6 is 0 Å². The maximum absolute atomic E-state index is 6.80. The van der Waals surface area contributed by atoms with Crippen LogP contribution in [0.5, 0.6) is 11.5 Å². The molecule has 1 spiro atoms. The van der Waals surface area contributed by atoms with Gasteiger partial charge in [-0.2, -0.15) is 0 Å². The Balaban J connectivity index is 1.19. The van der Waals surface area contributed by atoms with Crippen LogP contribution in [-0.2, 0) is 5.41 Å². The van der Waals surface area contributed by atoms with Crippen LogP contribution in [0.2, 0.25) is 0 Å². The van der Waals surface area contributed by atoms with Crippen molar-refractivity contribution >= 4 is 63.0 Å². The SMILES string of the molecule is c1ccc(-c2ccc(N(c3ccc4c(c3)C3(c5ccccc5Oc5ccccc53)c3ccccc3[SiH]4c3ccccc3)c3cc4ccccc4c4ccccc34)cc2)cc1. The first-order valence-electron chi connectivity index (χ1n) is 20.8. The molecule has 0 amide bonds. The summed E-state index contributed by atoms with van der Waals surface area (Å²) in [7, 11) is -1.98. The monoisotopic (exact) mass is 781 g/mol. The molecule has 0 aromatic heterocycles. The van der Waals surface area contributed by atoms with Gasteiger partial charge in [-0.3, -0.25) is 0 Å². The molecular formula is C57H39NOSi. The van der Waals surface area contributed by atoms with Gasteiger partial charge < -0.3 is 9.64 Å². The van der Waals surface area contributed by atoms with Crippen LogP contribution in [-0.4, -0.2) is 8.80 Å².